The number of halogens is 2. The number of hydrogen-bond acceptors (Lipinski definition) is 7. The largest absolute Gasteiger partial charge is 0.377 e. The molecule has 0 saturated carbocycles. The molecule has 1 aliphatic carbocycles. The Labute approximate surface area is 220 Å². The van der Waals surface area contributed by atoms with Crippen molar-refractivity contribution in [1.82, 2.24) is 25.4 Å². The molecule has 0 bridgehead atoms. The van der Waals surface area contributed by atoms with Gasteiger partial charge in [-0.1, -0.05) is 17.7 Å². The summed E-state index contributed by atoms with van der Waals surface area (Å²) in [6, 6.07) is 8.88. The van der Waals surface area contributed by atoms with Gasteiger partial charge < -0.3 is 15.3 Å². The van der Waals surface area contributed by atoms with E-state index in [1.807, 2.05) is 18.6 Å². The third kappa shape index (κ3) is 5.42. The second kappa shape index (κ2) is 10.8. The van der Waals surface area contributed by atoms with Gasteiger partial charge >= 0.3 is 0 Å². The van der Waals surface area contributed by atoms with Gasteiger partial charge in [-0.25, -0.2) is 0 Å². The van der Waals surface area contributed by atoms with Gasteiger partial charge in [-0.05, 0) is 77.2 Å². The van der Waals surface area contributed by atoms with Gasteiger partial charge in [0.25, 0.3) is 0 Å². The summed E-state index contributed by atoms with van der Waals surface area (Å²) < 4.78 is 1.16. The number of pyridine rings is 1. The van der Waals surface area contributed by atoms with Crippen molar-refractivity contribution in [2.75, 3.05) is 39.3 Å². The van der Waals surface area contributed by atoms with E-state index in [2.05, 4.69) is 73.1 Å². The number of aromatic nitrogens is 1. The summed E-state index contributed by atoms with van der Waals surface area (Å²) in [7, 11) is 0. The highest BCUT2D eigenvalue weighted by molar-refractivity contribution is 14.1. The third-order valence-electron chi connectivity index (χ3n) is 7.01. The summed E-state index contributed by atoms with van der Waals surface area (Å²) in [5.41, 5.74) is 5.01. The number of aryl methyl sites for hydroxylation is 2. The SMILES string of the molecule is CC1CN(CCNC(O)[C@H]2CN(C3c4ccc(Cl)cc4CCc4cc(I)cnc43)CCN2)C=N1. The molecular formula is C25H32ClIN6O. The zero-order valence-corrected chi connectivity index (χ0v) is 22.3. The minimum Gasteiger partial charge on any atom is -0.377 e. The average Bonchev–Trinajstić information content (AvgIpc) is 3.17. The molecule has 2 aliphatic heterocycles. The first-order chi connectivity index (χ1) is 16.5. The molecule has 34 heavy (non-hydrogen) atoms. The summed E-state index contributed by atoms with van der Waals surface area (Å²) in [6.45, 7) is 7.07. The van der Waals surface area contributed by atoms with E-state index in [-0.39, 0.29) is 12.1 Å². The average molecular weight is 595 g/mol. The predicted molar refractivity (Wildman–Crippen MR) is 145 cm³/mol. The molecule has 0 radical (unpaired) electrons. The lowest BCUT2D eigenvalue weighted by Crippen LogP contribution is -2.60. The van der Waals surface area contributed by atoms with Crippen molar-refractivity contribution < 1.29 is 5.11 Å². The number of rotatable bonds is 6. The highest BCUT2D eigenvalue weighted by Gasteiger charge is 2.35. The van der Waals surface area contributed by atoms with Gasteiger partial charge in [0.1, 0.15) is 6.23 Å². The van der Waals surface area contributed by atoms with Crippen LogP contribution in [0.1, 0.15) is 35.3 Å². The van der Waals surface area contributed by atoms with Gasteiger partial charge in [-0.3, -0.25) is 20.2 Å². The highest BCUT2D eigenvalue weighted by Crippen LogP contribution is 2.37. The predicted octanol–water partition coefficient (Wildman–Crippen LogP) is 2.44. The fourth-order valence-electron chi connectivity index (χ4n) is 5.32. The molecule has 182 valence electrons. The summed E-state index contributed by atoms with van der Waals surface area (Å²) in [5, 5.41) is 18.6. The summed E-state index contributed by atoms with van der Waals surface area (Å²) in [5.74, 6) is 0. The lowest BCUT2D eigenvalue weighted by atomic mass is 9.95. The minimum absolute atomic E-state index is 0.0564. The molecule has 3 heterocycles. The Morgan fingerprint density at radius 1 is 1.26 bits per heavy atom. The fraction of sp³-hybridized carbons (Fsp3) is 0.520. The first-order valence-electron chi connectivity index (χ1n) is 12.1. The zero-order chi connectivity index (χ0) is 23.7. The molecule has 0 amide bonds. The van der Waals surface area contributed by atoms with Crippen LogP contribution in [-0.4, -0.2) is 83.8 Å². The van der Waals surface area contributed by atoms with Crippen molar-refractivity contribution in [3.63, 3.8) is 0 Å². The van der Waals surface area contributed by atoms with Crippen LogP contribution in [0.25, 0.3) is 0 Å². The number of aliphatic imine (C=N–C) groups is 1. The van der Waals surface area contributed by atoms with Crippen molar-refractivity contribution in [1.29, 1.82) is 0 Å². The van der Waals surface area contributed by atoms with Crippen LogP contribution in [0.5, 0.6) is 0 Å². The number of nitrogens with zero attached hydrogens (tertiary/aromatic N) is 4. The number of piperazine rings is 1. The Morgan fingerprint density at radius 2 is 2.12 bits per heavy atom. The molecule has 3 unspecified atom stereocenters. The topological polar surface area (TPSA) is 76.0 Å². The van der Waals surface area contributed by atoms with Gasteiger partial charge in [0, 0.05) is 54.1 Å². The van der Waals surface area contributed by atoms with Gasteiger partial charge in [0.15, 0.2) is 0 Å². The monoisotopic (exact) mass is 594 g/mol. The van der Waals surface area contributed by atoms with Crippen LogP contribution in [0.2, 0.25) is 5.02 Å². The molecule has 3 aliphatic rings. The van der Waals surface area contributed by atoms with Gasteiger partial charge in [0.2, 0.25) is 0 Å². The number of aliphatic hydroxyl groups excluding tert-OH is 1. The van der Waals surface area contributed by atoms with Crippen molar-refractivity contribution in [3.8, 4) is 0 Å². The molecule has 7 nitrogen and oxygen atoms in total. The van der Waals surface area contributed by atoms with Crippen LogP contribution >= 0.6 is 34.2 Å². The van der Waals surface area contributed by atoms with Crippen LogP contribution in [0.3, 0.4) is 0 Å². The summed E-state index contributed by atoms with van der Waals surface area (Å²) >= 11 is 8.72. The summed E-state index contributed by atoms with van der Waals surface area (Å²) in [4.78, 5) is 14.0. The first-order valence-corrected chi connectivity index (χ1v) is 13.5. The maximum atomic E-state index is 10.9. The second-order valence-corrected chi connectivity index (χ2v) is 11.2. The van der Waals surface area contributed by atoms with Crippen molar-refractivity contribution in [2.45, 2.75) is 44.1 Å². The van der Waals surface area contributed by atoms with Crippen LogP contribution in [-0.2, 0) is 12.8 Å². The van der Waals surface area contributed by atoms with E-state index in [0.717, 1.165) is 59.9 Å². The molecule has 5 rings (SSSR count). The van der Waals surface area contributed by atoms with Crippen LogP contribution < -0.4 is 10.6 Å². The second-order valence-electron chi connectivity index (χ2n) is 9.51. The number of aliphatic hydroxyl groups is 1. The number of nitrogens with one attached hydrogen (secondary N) is 2. The molecule has 2 aromatic rings. The lowest BCUT2D eigenvalue weighted by Gasteiger charge is -2.41. The van der Waals surface area contributed by atoms with E-state index in [1.165, 1.54) is 16.7 Å². The maximum Gasteiger partial charge on any atom is 0.121 e. The van der Waals surface area contributed by atoms with E-state index >= 15 is 0 Å². The number of hydrogen-bond donors (Lipinski definition) is 3. The minimum atomic E-state index is -0.626. The number of fused-ring (bicyclic) bond motifs is 2. The first kappa shape index (κ1) is 24.4. The Balaban J connectivity index is 1.33. The van der Waals surface area contributed by atoms with E-state index in [1.54, 1.807) is 0 Å². The molecule has 1 aromatic carbocycles. The number of benzene rings is 1. The van der Waals surface area contributed by atoms with Gasteiger partial charge in [-0.15, -0.1) is 0 Å². The van der Waals surface area contributed by atoms with Crippen molar-refractivity contribution >= 4 is 40.5 Å². The summed E-state index contributed by atoms with van der Waals surface area (Å²) in [6.07, 6.45) is 5.17. The van der Waals surface area contributed by atoms with Crippen molar-refractivity contribution in [2.24, 2.45) is 4.99 Å². The lowest BCUT2D eigenvalue weighted by molar-refractivity contribution is 0.0462. The van der Waals surface area contributed by atoms with Crippen molar-refractivity contribution in [3.05, 3.63) is 61.4 Å². The third-order valence-corrected chi connectivity index (χ3v) is 7.83. The molecule has 1 fully saturated rings. The van der Waals surface area contributed by atoms with E-state index < -0.39 is 6.23 Å². The Bertz CT molecular complexity index is 999. The fourth-order valence-corrected chi connectivity index (χ4v) is 6.03. The molecule has 3 N–H and O–H groups in total. The quantitative estimate of drug-likeness (QED) is 0.353. The highest BCUT2D eigenvalue weighted by atomic mass is 127. The standard InChI is InChI=1S/C25H32ClIN6O/c1-16-13-32(15-31-16)8-6-29-25(34)22-14-33(9-7-28-22)24-21-5-4-19(26)10-17(21)2-3-18-11-20(27)12-30-23(18)24/h4-5,10-12,15-16,22,24-25,28-29,34H,2-3,6-9,13-14H2,1H3/t16?,22-,24?,25?/m1/s1. The molecule has 4 atom stereocenters. The van der Waals surface area contributed by atoms with Crippen LogP contribution in [0, 0.1) is 3.57 Å². The zero-order valence-electron chi connectivity index (χ0n) is 19.4. The van der Waals surface area contributed by atoms with E-state index in [0.29, 0.717) is 12.6 Å². The molecule has 0 spiro atoms. The maximum absolute atomic E-state index is 10.9. The van der Waals surface area contributed by atoms with E-state index in [9.17, 15) is 5.11 Å². The Kier molecular flexibility index (Phi) is 7.72. The molecule has 1 aromatic heterocycles. The van der Waals surface area contributed by atoms with Crippen LogP contribution in [0.15, 0.2) is 35.5 Å². The van der Waals surface area contributed by atoms with E-state index in [4.69, 9.17) is 16.6 Å². The molecule has 9 heteroatoms. The Morgan fingerprint density at radius 3 is 2.94 bits per heavy atom. The molecule has 1 saturated heterocycles. The Hall–Kier alpha value is -1.30. The van der Waals surface area contributed by atoms with Gasteiger partial charge in [-0.2, -0.15) is 0 Å². The molecular weight excluding hydrogens is 563 g/mol. The normalized spacial score (nSPS) is 25.6. The van der Waals surface area contributed by atoms with Crippen LogP contribution in [0.4, 0.5) is 0 Å². The van der Waals surface area contributed by atoms with Gasteiger partial charge in [0.05, 0.1) is 30.2 Å². The smallest absolute Gasteiger partial charge is 0.121 e.